The predicted octanol–water partition coefficient (Wildman–Crippen LogP) is 3.54. The SMILES string of the molecule is CC(C)(Cc1ccccn1)C(=O)NC[C@@H]1CNCCO[C@H]1c1ccc(Cl)c(F)c1. The molecule has 1 fully saturated rings. The van der Waals surface area contributed by atoms with E-state index >= 15 is 0 Å². The van der Waals surface area contributed by atoms with Gasteiger partial charge in [-0.15, -0.1) is 0 Å². The molecule has 1 aliphatic heterocycles. The molecule has 0 spiro atoms. The van der Waals surface area contributed by atoms with Crippen LogP contribution in [0.15, 0.2) is 42.6 Å². The molecular weight excluding hydrogens is 393 g/mol. The van der Waals surface area contributed by atoms with Crippen molar-refractivity contribution in [1.82, 2.24) is 15.6 Å². The summed E-state index contributed by atoms with van der Waals surface area (Å²) in [6.07, 6.45) is 1.95. The van der Waals surface area contributed by atoms with Gasteiger partial charge in [-0.1, -0.05) is 37.6 Å². The van der Waals surface area contributed by atoms with Crippen LogP contribution in [-0.4, -0.2) is 37.1 Å². The number of pyridine rings is 1. The fourth-order valence-corrected chi connectivity index (χ4v) is 3.64. The van der Waals surface area contributed by atoms with Gasteiger partial charge in [0.1, 0.15) is 5.82 Å². The average Bonchev–Trinajstić information content (AvgIpc) is 2.94. The molecule has 5 nitrogen and oxygen atoms in total. The first-order valence-electron chi connectivity index (χ1n) is 9.82. The van der Waals surface area contributed by atoms with Gasteiger partial charge in [0, 0.05) is 49.3 Å². The van der Waals surface area contributed by atoms with Crippen molar-refractivity contribution in [3.63, 3.8) is 0 Å². The summed E-state index contributed by atoms with van der Waals surface area (Å²) in [5.74, 6) is -0.551. The van der Waals surface area contributed by atoms with Crippen molar-refractivity contribution in [3.05, 3.63) is 64.7 Å². The summed E-state index contributed by atoms with van der Waals surface area (Å²) >= 11 is 5.82. The Kier molecular flexibility index (Phi) is 7.22. The molecule has 1 saturated heterocycles. The molecule has 1 aromatic heterocycles. The predicted molar refractivity (Wildman–Crippen MR) is 111 cm³/mol. The van der Waals surface area contributed by atoms with Crippen LogP contribution in [0.5, 0.6) is 0 Å². The zero-order valence-electron chi connectivity index (χ0n) is 16.8. The van der Waals surface area contributed by atoms with Crippen LogP contribution < -0.4 is 10.6 Å². The molecule has 1 amide bonds. The first-order chi connectivity index (χ1) is 13.9. The third-order valence-electron chi connectivity index (χ3n) is 5.17. The van der Waals surface area contributed by atoms with Crippen molar-refractivity contribution in [2.24, 2.45) is 11.3 Å². The summed E-state index contributed by atoms with van der Waals surface area (Å²) in [7, 11) is 0. The lowest BCUT2D eigenvalue weighted by Gasteiger charge is -2.28. The second-order valence-corrected chi connectivity index (χ2v) is 8.43. The maximum atomic E-state index is 14.0. The van der Waals surface area contributed by atoms with Crippen LogP contribution in [0.3, 0.4) is 0 Å². The first-order valence-corrected chi connectivity index (χ1v) is 10.2. The summed E-state index contributed by atoms with van der Waals surface area (Å²) in [5.41, 5.74) is 0.999. The molecule has 7 heteroatoms. The topological polar surface area (TPSA) is 63.2 Å². The Morgan fingerprint density at radius 3 is 2.93 bits per heavy atom. The monoisotopic (exact) mass is 419 g/mol. The molecule has 156 valence electrons. The van der Waals surface area contributed by atoms with Crippen LogP contribution >= 0.6 is 11.6 Å². The number of benzene rings is 1. The molecule has 29 heavy (non-hydrogen) atoms. The van der Waals surface area contributed by atoms with Crippen molar-refractivity contribution >= 4 is 17.5 Å². The van der Waals surface area contributed by atoms with Gasteiger partial charge < -0.3 is 15.4 Å². The molecule has 2 aromatic rings. The Labute approximate surface area is 176 Å². The normalized spacial score (nSPS) is 20.1. The Bertz CT molecular complexity index is 832. The summed E-state index contributed by atoms with van der Waals surface area (Å²) < 4.78 is 19.9. The van der Waals surface area contributed by atoms with E-state index in [4.69, 9.17) is 16.3 Å². The van der Waals surface area contributed by atoms with Crippen LogP contribution in [0.25, 0.3) is 0 Å². The molecule has 2 atom stereocenters. The molecule has 0 bridgehead atoms. The Hall–Kier alpha value is -2.02. The Morgan fingerprint density at radius 1 is 1.38 bits per heavy atom. The highest BCUT2D eigenvalue weighted by atomic mass is 35.5. The van der Waals surface area contributed by atoms with Gasteiger partial charge in [0.15, 0.2) is 0 Å². The standard InChI is InChI=1S/C22H27ClFN3O2/c1-22(2,12-17-5-3-4-8-26-17)21(28)27-14-16-13-25-9-10-29-20(16)15-6-7-18(23)19(24)11-15/h3-8,11,16,20,25H,9-10,12-14H2,1-2H3,(H,27,28)/t16-,20-/m0/s1. The van der Waals surface area contributed by atoms with Crippen molar-refractivity contribution in [1.29, 1.82) is 0 Å². The molecule has 0 unspecified atom stereocenters. The van der Waals surface area contributed by atoms with E-state index in [0.717, 1.165) is 11.3 Å². The number of carbonyl (C=O) groups is 1. The first kappa shape index (κ1) is 21.7. The summed E-state index contributed by atoms with van der Waals surface area (Å²) in [6.45, 7) is 6.13. The lowest BCUT2D eigenvalue weighted by atomic mass is 9.86. The summed E-state index contributed by atoms with van der Waals surface area (Å²) in [4.78, 5) is 17.2. The minimum atomic E-state index is -0.602. The van der Waals surface area contributed by atoms with E-state index in [1.165, 1.54) is 6.07 Å². The van der Waals surface area contributed by atoms with E-state index in [0.29, 0.717) is 32.7 Å². The van der Waals surface area contributed by atoms with E-state index in [9.17, 15) is 9.18 Å². The molecule has 1 aliphatic rings. The largest absolute Gasteiger partial charge is 0.372 e. The van der Waals surface area contributed by atoms with Crippen molar-refractivity contribution in [3.8, 4) is 0 Å². The number of nitrogens with zero attached hydrogens (tertiary/aromatic N) is 1. The number of halogens is 2. The van der Waals surface area contributed by atoms with E-state index < -0.39 is 11.2 Å². The van der Waals surface area contributed by atoms with Crippen LogP contribution in [0.1, 0.15) is 31.2 Å². The number of hydrogen-bond donors (Lipinski definition) is 2. The zero-order valence-corrected chi connectivity index (χ0v) is 17.5. The smallest absolute Gasteiger partial charge is 0.226 e. The summed E-state index contributed by atoms with van der Waals surface area (Å²) in [5, 5.41) is 6.46. The van der Waals surface area contributed by atoms with Crippen LogP contribution in [0.2, 0.25) is 5.02 Å². The zero-order chi connectivity index (χ0) is 20.9. The molecule has 3 rings (SSSR count). The number of ether oxygens (including phenoxy) is 1. The average molecular weight is 420 g/mol. The molecule has 0 aliphatic carbocycles. The molecule has 2 heterocycles. The number of amides is 1. The van der Waals surface area contributed by atoms with Gasteiger partial charge in [0.05, 0.1) is 17.7 Å². The minimum absolute atomic E-state index is 0.0346. The van der Waals surface area contributed by atoms with E-state index in [1.54, 1.807) is 18.3 Å². The van der Waals surface area contributed by atoms with Gasteiger partial charge >= 0.3 is 0 Å². The number of aromatic nitrogens is 1. The highest BCUT2D eigenvalue weighted by molar-refractivity contribution is 6.30. The van der Waals surface area contributed by atoms with Crippen LogP contribution in [0, 0.1) is 17.2 Å². The van der Waals surface area contributed by atoms with Gasteiger partial charge in [0.25, 0.3) is 0 Å². The number of hydrogen-bond acceptors (Lipinski definition) is 4. The van der Waals surface area contributed by atoms with Crippen LogP contribution in [-0.2, 0) is 16.0 Å². The maximum absolute atomic E-state index is 14.0. The third-order valence-corrected chi connectivity index (χ3v) is 5.48. The lowest BCUT2D eigenvalue weighted by molar-refractivity contribution is -0.129. The van der Waals surface area contributed by atoms with Crippen molar-refractivity contribution < 1.29 is 13.9 Å². The van der Waals surface area contributed by atoms with Crippen LogP contribution in [0.4, 0.5) is 4.39 Å². The van der Waals surface area contributed by atoms with Gasteiger partial charge in [-0.25, -0.2) is 4.39 Å². The highest BCUT2D eigenvalue weighted by Gasteiger charge is 2.31. The number of nitrogens with one attached hydrogen (secondary N) is 2. The Morgan fingerprint density at radius 2 is 2.21 bits per heavy atom. The number of carbonyl (C=O) groups excluding carboxylic acids is 1. The molecule has 1 aromatic carbocycles. The van der Waals surface area contributed by atoms with Crippen molar-refractivity contribution in [2.45, 2.75) is 26.4 Å². The number of rotatable bonds is 6. The second kappa shape index (κ2) is 9.65. The van der Waals surface area contributed by atoms with Gasteiger partial charge in [-0.05, 0) is 29.8 Å². The fourth-order valence-electron chi connectivity index (χ4n) is 3.52. The van der Waals surface area contributed by atoms with Gasteiger partial charge in [0.2, 0.25) is 5.91 Å². The van der Waals surface area contributed by atoms with E-state index in [1.807, 2.05) is 32.0 Å². The van der Waals surface area contributed by atoms with Gasteiger partial charge in [-0.2, -0.15) is 0 Å². The molecule has 2 N–H and O–H groups in total. The lowest BCUT2D eigenvalue weighted by Crippen LogP contribution is -2.43. The van der Waals surface area contributed by atoms with Gasteiger partial charge in [-0.3, -0.25) is 9.78 Å². The molecule has 0 saturated carbocycles. The van der Waals surface area contributed by atoms with E-state index in [-0.39, 0.29) is 23.0 Å². The molecule has 0 radical (unpaired) electrons. The molecular formula is C22H27ClFN3O2. The Balaban J connectivity index is 1.67. The summed E-state index contributed by atoms with van der Waals surface area (Å²) in [6, 6.07) is 10.4. The second-order valence-electron chi connectivity index (χ2n) is 8.02. The van der Waals surface area contributed by atoms with Crippen molar-refractivity contribution in [2.75, 3.05) is 26.2 Å². The highest BCUT2D eigenvalue weighted by Crippen LogP contribution is 2.30. The fraction of sp³-hybridized carbons (Fsp3) is 0.455. The maximum Gasteiger partial charge on any atom is 0.226 e. The quantitative estimate of drug-likeness (QED) is 0.751. The van der Waals surface area contributed by atoms with E-state index in [2.05, 4.69) is 15.6 Å². The third kappa shape index (κ3) is 5.75. The minimum Gasteiger partial charge on any atom is -0.372 e.